The Bertz CT molecular complexity index is 1640. The minimum absolute atomic E-state index is 0.319. The maximum atomic E-state index is 12.0. The van der Waals surface area contributed by atoms with Crippen LogP contribution >= 0.6 is 22.9 Å². The number of rotatable bonds is 9. The van der Waals surface area contributed by atoms with Gasteiger partial charge in [0.1, 0.15) is 0 Å². The number of hydrogen-bond donors (Lipinski definition) is 1. The number of thiophene rings is 1. The van der Waals surface area contributed by atoms with Crippen LogP contribution in [0.1, 0.15) is 16.0 Å². The van der Waals surface area contributed by atoms with E-state index in [9.17, 15) is 8.42 Å². The summed E-state index contributed by atoms with van der Waals surface area (Å²) >= 11 is 8.21. The van der Waals surface area contributed by atoms with E-state index in [0.29, 0.717) is 23.0 Å². The summed E-state index contributed by atoms with van der Waals surface area (Å²) < 4.78 is 24.1. The van der Waals surface area contributed by atoms with Gasteiger partial charge in [-0.2, -0.15) is 0 Å². The van der Waals surface area contributed by atoms with Gasteiger partial charge in [-0.25, -0.2) is 8.42 Å². The van der Waals surface area contributed by atoms with Crippen molar-refractivity contribution in [3.8, 4) is 10.4 Å². The summed E-state index contributed by atoms with van der Waals surface area (Å²) in [5.74, 6) is 0. The topological polar surface area (TPSA) is 61.8 Å². The minimum atomic E-state index is -3.28. The number of benzene rings is 3. The molecule has 0 radical (unpaired) electrons. The standard InChI is InChI=1S/C31H30ClN3O2S2/c1-35(18-17-22-9-4-3-5-10-22)21-28-31(25-13-6-7-14-26(25)32)33-20-27(34-28)30-16-15-29(38-30)23-11-8-12-24(19-23)39(2,36)37/h3-16,19,33H,17-18,20-21H2,1-2H3. The van der Waals surface area contributed by atoms with E-state index in [4.69, 9.17) is 16.6 Å². The number of sulfone groups is 1. The van der Waals surface area contributed by atoms with Crippen LogP contribution in [-0.2, 0) is 16.3 Å². The highest BCUT2D eigenvalue weighted by Crippen LogP contribution is 2.32. The predicted molar refractivity (Wildman–Crippen MR) is 163 cm³/mol. The van der Waals surface area contributed by atoms with E-state index in [1.54, 1.807) is 29.5 Å². The van der Waals surface area contributed by atoms with E-state index in [2.05, 4.69) is 47.6 Å². The van der Waals surface area contributed by atoms with E-state index < -0.39 is 9.84 Å². The zero-order chi connectivity index (χ0) is 27.4. The van der Waals surface area contributed by atoms with E-state index in [1.807, 2.05) is 42.5 Å². The molecule has 0 aliphatic carbocycles. The fourth-order valence-corrected chi connectivity index (χ4v) is 6.42. The van der Waals surface area contributed by atoms with E-state index in [0.717, 1.165) is 51.0 Å². The molecular formula is C31H30ClN3O2S2. The fourth-order valence-electron chi connectivity index (χ4n) is 4.53. The Morgan fingerprint density at radius 2 is 1.69 bits per heavy atom. The summed E-state index contributed by atoms with van der Waals surface area (Å²) in [7, 11) is -1.16. The molecule has 0 amide bonds. The van der Waals surface area contributed by atoms with Crippen molar-refractivity contribution < 1.29 is 8.42 Å². The first-order chi connectivity index (χ1) is 18.8. The van der Waals surface area contributed by atoms with Gasteiger partial charge in [0.2, 0.25) is 0 Å². The predicted octanol–water partition coefficient (Wildman–Crippen LogP) is 6.41. The molecule has 0 fully saturated rings. The highest BCUT2D eigenvalue weighted by atomic mass is 35.5. The van der Waals surface area contributed by atoms with Crippen molar-refractivity contribution in [1.29, 1.82) is 0 Å². The first-order valence-electron chi connectivity index (χ1n) is 12.7. The molecule has 200 valence electrons. The summed E-state index contributed by atoms with van der Waals surface area (Å²) in [5, 5.41) is 4.28. The molecule has 8 heteroatoms. The SMILES string of the molecule is CN(CCc1ccccc1)CC1=C(c2ccccc2Cl)NCC(c2ccc(-c3cccc(S(C)(=O)=O)c3)s2)=N1. The Kier molecular flexibility index (Phi) is 8.33. The Labute approximate surface area is 239 Å². The van der Waals surface area contributed by atoms with Crippen molar-refractivity contribution in [3.05, 3.63) is 118 Å². The maximum Gasteiger partial charge on any atom is 0.175 e. The monoisotopic (exact) mass is 575 g/mol. The smallest absolute Gasteiger partial charge is 0.175 e. The van der Waals surface area contributed by atoms with Crippen molar-refractivity contribution in [2.45, 2.75) is 11.3 Å². The lowest BCUT2D eigenvalue weighted by molar-refractivity contribution is 0.365. The van der Waals surface area contributed by atoms with Crippen LogP contribution in [-0.4, -0.2) is 52.0 Å². The van der Waals surface area contributed by atoms with Crippen molar-refractivity contribution in [3.63, 3.8) is 0 Å². The summed E-state index contributed by atoms with van der Waals surface area (Å²) in [5.41, 5.74) is 5.97. The lowest BCUT2D eigenvalue weighted by Gasteiger charge is -2.25. The number of halogens is 1. The zero-order valence-corrected chi connectivity index (χ0v) is 24.3. The molecule has 2 heterocycles. The van der Waals surface area contributed by atoms with Gasteiger partial charge in [0.25, 0.3) is 0 Å². The summed E-state index contributed by atoms with van der Waals surface area (Å²) in [4.78, 5) is 9.81. The third-order valence-electron chi connectivity index (χ3n) is 6.62. The average molecular weight is 576 g/mol. The molecule has 5 rings (SSSR count). The third kappa shape index (κ3) is 6.68. The summed E-state index contributed by atoms with van der Waals surface area (Å²) in [6, 6.07) is 29.5. The molecule has 1 N–H and O–H groups in total. The Morgan fingerprint density at radius 3 is 2.46 bits per heavy atom. The molecule has 1 aromatic heterocycles. The lowest BCUT2D eigenvalue weighted by atomic mass is 10.1. The quantitative estimate of drug-likeness (QED) is 0.251. The zero-order valence-electron chi connectivity index (χ0n) is 21.9. The first kappa shape index (κ1) is 27.3. The second kappa shape index (κ2) is 11.9. The van der Waals surface area contributed by atoms with Crippen molar-refractivity contribution in [2.75, 3.05) is 32.9 Å². The molecule has 0 saturated heterocycles. The van der Waals surface area contributed by atoms with Gasteiger partial charge in [-0.15, -0.1) is 11.3 Å². The van der Waals surface area contributed by atoms with Crippen LogP contribution in [0.5, 0.6) is 0 Å². The van der Waals surface area contributed by atoms with Crippen LogP contribution in [0.3, 0.4) is 0 Å². The second-order valence-corrected chi connectivity index (χ2v) is 13.2. The highest BCUT2D eigenvalue weighted by Gasteiger charge is 2.21. The van der Waals surface area contributed by atoms with Crippen LogP contribution < -0.4 is 5.32 Å². The number of hydrogen-bond acceptors (Lipinski definition) is 6. The number of aliphatic imine (C=N–C) groups is 1. The van der Waals surface area contributed by atoms with E-state index in [1.165, 1.54) is 11.8 Å². The summed E-state index contributed by atoms with van der Waals surface area (Å²) in [6.07, 6.45) is 2.19. The maximum absolute atomic E-state index is 12.0. The van der Waals surface area contributed by atoms with Crippen LogP contribution in [0.25, 0.3) is 16.1 Å². The molecule has 3 aromatic carbocycles. The molecule has 0 bridgehead atoms. The molecule has 39 heavy (non-hydrogen) atoms. The summed E-state index contributed by atoms with van der Waals surface area (Å²) in [6.45, 7) is 2.13. The van der Waals surface area contributed by atoms with Crippen LogP contribution in [0.4, 0.5) is 0 Å². The normalized spacial score (nSPS) is 13.9. The van der Waals surface area contributed by atoms with Crippen molar-refractivity contribution in [2.24, 2.45) is 4.99 Å². The average Bonchev–Trinajstić information content (AvgIpc) is 3.43. The van der Waals surface area contributed by atoms with Crippen LogP contribution in [0.2, 0.25) is 5.02 Å². The van der Waals surface area contributed by atoms with Gasteiger partial charge < -0.3 is 10.2 Å². The molecule has 1 aliphatic heterocycles. The third-order valence-corrected chi connectivity index (χ3v) is 9.24. The van der Waals surface area contributed by atoms with Gasteiger partial charge in [-0.3, -0.25) is 4.99 Å². The van der Waals surface area contributed by atoms with Gasteiger partial charge in [0.05, 0.1) is 33.4 Å². The minimum Gasteiger partial charge on any atom is -0.377 e. The van der Waals surface area contributed by atoms with Crippen molar-refractivity contribution in [1.82, 2.24) is 10.2 Å². The molecule has 0 atom stereocenters. The number of likely N-dealkylation sites (N-methyl/N-ethyl adjacent to an activating group) is 1. The number of nitrogens with one attached hydrogen (secondary N) is 1. The number of nitrogens with zero attached hydrogens (tertiary/aromatic N) is 2. The van der Waals surface area contributed by atoms with Crippen LogP contribution in [0, 0.1) is 0 Å². The molecule has 0 saturated carbocycles. The van der Waals surface area contributed by atoms with Crippen molar-refractivity contribution >= 4 is 44.2 Å². The van der Waals surface area contributed by atoms with Crippen LogP contribution in [0.15, 0.2) is 107 Å². The second-order valence-electron chi connectivity index (χ2n) is 9.65. The largest absolute Gasteiger partial charge is 0.377 e. The molecule has 1 aliphatic rings. The van der Waals surface area contributed by atoms with Gasteiger partial charge in [0.15, 0.2) is 9.84 Å². The van der Waals surface area contributed by atoms with Gasteiger partial charge in [-0.1, -0.05) is 72.3 Å². The molecule has 0 unspecified atom stereocenters. The molecular weight excluding hydrogens is 546 g/mol. The highest BCUT2D eigenvalue weighted by molar-refractivity contribution is 7.90. The molecule has 0 spiro atoms. The van der Waals surface area contributed by atoms with Gasteiger partial charge in [-0.05, 0) is 54.9 Å². The molecule has 5 nitrogen and oxygen atoms in total. The Balaban J connectivity index is 1.44. The Hall–Kier alpha value is -3.23. The fraction of sp³-hybridized carbons (Fsp3) is 0.194. The lowest BCUT2D eigenvalue weighted by Crippen LogP contribution is -2.32. The van der Waals surface area contributed by atoms with Gasteiger partial charge >= 0.3 is 0 Å². The van der Waals surface area contributed by atoms with Gasteiger partial charge in [0, 0.05) is 34.8 Å². The Morgan fingerprint density at radius 1 is 0.949 bits per heavy atom. The van der Waals surface area contributed by atoms with E-state index >= 15 is 0 Å². The molecule has 4 aromatic rings. The van der Waals surface area contributed by atoms with E-state index in [-0.39, 0.29) is 0 Å². The first-order valence-corrected chi connectivity index (χ1v) is 15.8.